The van der Waals surface area contributed by atoms with Crippen LogP contribution in [0.5, 0.6) is 0 Å². The zero-order valence-corrected chi connectivity index (χ0v) is 54.8. The van der Waals surface area contributed by atoms with E-state index in [9.17, 15) is 28.8 Å². The predicted molar refractivity (Wildman–Crippen MR) is 340 cm³/mol. The van der Waals surface area contributed by atoms with Gasteiger partial charge in [-0.3, -0.25) is 38.6 Å². The molecular weight excluding hydrogens is 1100 g/mol. The fourth-order valence-corrected chi connectivity index (χ4v) is 10.2. The molecule has 0 radical (unpaired) electrons. The van der Waals surface area contributed by atoms with Gasteiger partial charge in [0, 0.05) is 50.1 Å². The molecule has 0 aromatic carbocycles. The molecule has 0 saturated carbocycles. The van der Waals surface area contributed by atoms with E-state index < -0.39 is 0 Å². The molecule has 22 heteroatoms. The number of amides is 4. The number of esters is 2. The Bertz CT molecular complexity index is 1570. The van der Waals surface area contributed by atoms with Crippen molar-refractivity contribution < 1.29 is 59.1 Å². The van der Waals surface area contributed by atoms with Crippen molar-refractivity contribution in [1.29, 1.82) is 0 Å². The zero-order valence-electron chi connectivity index (χ0n) is 54.8. The predicted octanol–water partition coefficient (Wildman–Crippen LogP) is 9.29. The molecule has 0 fully saturated rings. The summed E-state index contributed by atoms with van der Waals surface area (Å²) < 4.78 is 11.1. The number of carbonyl (C=O) groups excluding carboxylic acids is 6. The second-order valence-electron chi connectivity index (χ2n) is 24.2. The van der Waals surface area contributed by atoms with Gasteiger partial charge in [-0.05, 0) is 156 Å². The minimum absolute atomic E-state index is 0.0547. The molecule has 0 aliphatic carbocycles. The highest BCUT2D eigenvalue weighted by atomic mass is 16.5. The van der Waals surface area contributed by atoms with Gasteiger partial charge in [-0.2, -0.15) is 0 Å². The van der Waals surface area contributed by atoms with Gasteiger partial charge in [0.25, 0.3) is 0 Å². The van der Waals surface area contributed by atoms with Gasteiger partial charge >= 0.3 is 11.9 Å². The zero-order chi connectivity index (χ0) is 63.5. The van der Waals surface area contributed by atoms with Crippen LogP contribution in [-0.4, -0.2) is 169 Å². The van der Waals surface area contributed by atoms with Gasteiger partial charge in [0.05, 0.1) is 39.4 Å². The van der Waals surface area contributed by atoms with Crippen LogP contribution in [-0.2, 0) is 38.2 Å². The quantitative estimate of drug-likeness (QED) is 0.0153. The SMILES string of the molecule is CCC(CCCCCOC(=O)CCCCCCCN(C(=O)CNCCCCCC(C)NO)C(=O)CNCCCCCC(C)NO)CCCCOC(=O)CCCCCCCN(C(=O)CNCCCCCC(C)NO)C(=O)CNCCCCCC(C)NO. The maximum Gasteiger partial charge on any atom is 0.305 e. The Morgan fingerprint density at radius 3 is 0.907 bits per heavy atom. The van der Waals surface area contributed by atoms with Crippen molar-refractivity contribution >= 4 is 35.6 Å². The molecule has 5 atom stereocenters. The number of nitrogens with one attached hydrogen (secondary N) is 8. The molecule has 0 rings (SSSR count). The molecule has 4 amide bonds. The topological polar surface area (TPSA) is 305 Å². The third-order valence-corrected chi connectivity index (χ3v) is 16.0. The largest absolute Gasteiger partial charge is 0.466 e. The van der Waals surface area contributed by atoms with Crippen LogP contribution in [0.1, 0.15) is 266 Å². The van der Waals surface area contributed by atoms with E-state index in [1.165, 1.54) is 9.80 Å². The van der Waals surface area contributed by atoms with E-state index in [4.69, 9.17) is 30.3 Å². The molecule has 0 spiro atoms. The standard InChI is InChI=1S/C64H128N10O12/c1-6-58(39-25-33-49-86-64(80)41-24-10-8-12-31-47-74(61(77)52-67-44-28-15-20-36-56(4)71-83)62(78)53-68-45-29-16-21-37-57(5)72-84)38-22-17-32-48-85-63(79)40-23-9-7-11-30-46-73(59(75)50-65-42-26-13-18-34-54(2)69-81)60(76)51-66-43-27-14-19-35-55(3)70-82/h54-58,65-72,81-84H,6-53H2,1-5H3. The van der Waals surface area contributed by atoms with Gasteiger partial charge in [0.15, 0.2) is 0 Å². The van der Waals surface area contributed by atoms with Crippen LogP contribution in [0.3, 0.4) is 0 Å². The van der Waals surface area contributed by atoms with Crippen molar-refractivity contribution in [2.24, 2.45) is 5.92 Å². The van der Waals surface area contributed by atoms with Crippen molar-refractivity contribution in [3.63, 3.8) is 0 Å². The Kier molecular flexibility index (Phi) is 58.3. The highest BCUT2D eigenvalue weighted by Crippen LogP contribution is 2.21. The lowest BCUT2D eigenvalue weighted by Crippen LogP contribution is -2.46. The monoisotopic (exact) mass is 1230 g/mol. The summed E-state index contributed by atoms with van der Waals surface area (Å²) in [5.41, 5.74) is 9.05. The maximum absolute atomic E-state index is 13.2. The second kappa shape index (κ2) is 60.6. The first-order valence-corrected chi connectivity index (χ1v) is 34.1. The number of unbranched alkanes of at least 4 members (excludes halogenated alkanes) is 19. The van der Waals surface area contributed by atoms with Gasteiger partial charge in [0.1, 0.15) is 0 Å². The number of hydrogen-bond acceptors (Lipinski definition) is 20. The summed E-state index contributed by atoms with van der Waals surface area (Å²) in [6, 6.07) is 0.219. The maximum atomic E-state index is 13.2. The van der Waals surface area contributed by atoms with Crippen molar-refractivity contribution in [3.05, 3.63) is 0 Å². The summed E-state index contributed by atoms with van der Waals surface area (Å²) in [5.74, 6) is -0.589. The van der Waals surface area contributed by atoms with E-state index in [1.54, 1.807) is 0 Å². The molecule has 0 aliphatic rings. The Morgan fingerprint density at radius 2 is 0.593 bits per heavy atom. The molecule has 5 unspecified atom stereocenters. The molecule has 506 valence electrons. The number of nitrogens with zero attached hydrogens (tertiary/aromatic N) is 2. The fourth-order valence-electron chi connectivity index (χ4n) is 10.2. The highest BCUT2D eigenvalue weighted by molar-refractivity contribution is 5.97. The van der Waals surface area contributed by atoms with Crippen LogP contribution in [0.15, 0.2) is 0 Å². The Hall–Kier alpha value is -3.26. The van der Waals surface area contributed by atoms with Gasteiger partial charge in [0.2, 0.25) is 23.6 Å². The molecule has 0 bridgehead atoms. The third-order valence-electron chi connectivity index (χ3n) is 16.0. The van der Waals surface area contributed by atoms with Crippen LogP contribution < -0.4 is 43.2 Å². The average Bonchev–Trinajstić information content (AvgIpc) is 3.71. The Morgan fingerprint density at radius 1 is 0.337 bits per heavy atom. The molecule has 12 N–H and O–H groups in total. The molecule has 22 nitrogen and oxygen atoms in total. The van der Waals surface area contributed by atoms with Gasteiger partial charge in [-0.25, -0.2) is 21.9 Å². The number of imide groups is 2. The number of rotatable bonds is 64. The van der Waals surface area contributed by atoms with E-state index in [0.717, 1.165) is 205 Å². The van der Waals surface area contributed by atoms with Crippen molar-refractivity contribution in [2.45, 2.75) is 290 Å². The summed E-state index contributed by atoms with van der Waals surface area (Å²) in [5, 5.41) is 48.8. The number of hydroxylamine groups is 4. The Balaban J connectivity index is 4.34. The van der Waals surface area contributed by atoms with Gasteiger partial charge in [-0.1, -0.05) is 129 Å². The van der Waals surface area contributed by atoms with Crippen molar-refractivity contribution in [3.8, 4) is 0 Å². The second-order valence-corrected chi connectivity index (χ2v) is 24.2. The lowest BCUT2D eigenvalue weighted by molar-refractivity contribution is -0.145. The lowest BCUT2D eigenvalue weighted by atomic mass is 9.93. The van der Waals surface area contributed by atoms with Crippen molar-refractivity contribution in [1.82, 2.24) is 53.0 Å². The van der Waals surface area contributed by atoms with E-state index in [2.05, 4.69) is 50.1 Å². The van der Waals surface area contributed by atoms with E-state index >= 15 is 0 Å². The smallest absolute Gasteiger partial charge is 0.305 e. The van der Waals surface area contributed by atoms with E-state index in [-0.39, 0.29) is 85.9 Å². The molecular formula is C64H128N10O12. The molecule has 0 heterocycles. The Labute approximate surface area is 520 Å². The summed E-state index contributed by atoms with van der Waals surface area (Å²) in [6.07, 6.45) is 32.0. The minimum Gasteiger partial charge on any atom is -0.466 e. The minimum atomic E-state index is -0.221. The number of ether oxygens (including phenoxy) is 2. The van der Waals surface area contributed by atoms with Crippen LogP contribution >= 0.6 is 0 Å². The number of carbonyl (C=O) groups is 6. The van der Waals surface area contributed by atoms with E-state index in [0.29, 0.717) is 84.1 Å². The summed E-state index contributed by atoms with van der Waals surface area (Å²) in [7, 11) is 0. The van der Waals surface area contributed by atoms with Crippen LogP contribution in [0.2, 0.25) is 0 Å². The third kappa shape index (κ3) is 51.6. The first-order chi connectivity index (χ1) is 41.7. The summed E-state index contributed by atoms with van der Waals surface area (Å²) in [4.78, 5) is 80.5. The summed E-state index contributed by atoms with van der Waals surface area (Å²) >= 11 is 0. The first-order valence-electron chi connectivity index (χ1n) is 34.1. The molecule has 86 heavy (non-hydrogen) atoms. The lowest BCUT2D eigenvalue weighted by Gasteiger charge is -2.21. The van der Waals surface area contributed by atoms with E-state index in [1.807, 2.05) is 27.7 Å². The fraction of sp³-hybridized carbons (Fsp3) is 0.906. The molecule has 0 aliphatic heterocycles. The normalized spacial score (nSPS) is 13.3. The van der Waals surface area contributed by atoms with Crippen LogP contribution in [0.4, 0.5) is 0 Å². The van der Waals surface area contributed by atoms with Crippen LogP contribution in [0, 0.1) is 5.92 Å². The average molecular weight is 1230 g/mol. The molecule has 0 aromatic rings. The number of hydrogen-bond donors (Lipinski definition) is 12. The summed E-state index contributed by atoms with van der Waals surface area (Å²) in [6.45, 7) is 14.7. The highest BCUT2D eigenvalue weighted by Gasteiger charge is 2.22. The van der Waals surface area contributed by atoms with Gasteiger partial charge < -0.3 is 51.6 Å². The molecule has 0 aromatic heterocycles. The molecule has 0 saturated heterocycles. The van der Waals surface area contributed by atoms with Crippen molar-refractivity contribution in [2.75, 3.05) is 78.7 Å². The van der Waals surface area contributed by atoms with Crippen LogP contribution in [0.25, 0.3) is 0 Å². The van der Waals surface area contributed by atoms with Gasteiger partial charge in [-0.15, -0.1) is 0 Å². The first kappa shape index (κ1) is 82.7.